The Balaban J connectivity index is 1.84. The Morgan fingerprint density at radius 1 is 1.19 bits per heavy atom. The van der Waals surface area contributed by atoms with E-state index >= 15 is 0 Å². The zero-order valence-corrected chi connectivity index (χ0v) is 14.0. The van der Waals surface area contributed by atoms with Crippen LogP contribution in [0.15, 0.2) is 30.3 Å². The van der Waals surface area contributed by atoms with E-state index in [-0.39, 0.29) is 0 Å². The van der Waals surface area contributed by atoms with E-state index in [1.54, 1.807) is 0 Å². The molecule has 1 heterocycles. The third kappa shape index (κ3) is 5.44. The highest BCUT2D eigenvalue weighted by Crippen LogP contribution is 2.18. The number of benzene rings is 1. The van der Waals surface area contributed by atoms with Crippen molar-refractivity contribution in [1.82, 2.24) is 10.2 Å². The van der Waals surface area contributed by atoms with Crippen LogP contribution >= 0.6 is 0 Å². The van der Waals surface area contributed by atoms with E-state index in [0.29, 0.717) is 12.1 Å². The lowest BCUT2D eigenvalue weighted by Crippen LogP contribution is -2.45. The summed E-state index contributed by atoms with van der Waals surface area (Å²) in [7, 11) is 0. The van der Waals surface area contributed by atoms with E-state index in [9.17, 15) is 0 Å². The number of nitrogens with one attached hydrogen (secondary N) is 1. The highest BCUT2D eigenvalue weighted by molar-refractivity contribution is 5.14. The molecule has 0 saturated carbocycles. The molecule has 2 rings (SSSR count). The highest BCUT2D eigenvalue weighted by atomic mass is 15.2. The average Bonchev–Trinajstić information content (AvgIpc) is 2.52. The van der Waals surface area contributed by atoms with Gasteiger partial charge >= 0.3 is 0 Å². The third-order valence-electron chi connectivity index (χ3n) is 4.79. The summed E-state index contributed by atoms with van der Waals surface area (Å²) in [5.41, 5.74) is 1.47. The quantitative estimate of drug-likeness (QED) is 0.822. The topological polar surface area (TPSA) is 15.3 Å². The Morgan fingerprint density at radius 2 is 1.95 bits per heavy atom. The first-order valence-electron chi connectivity index (χ1n) is 8.67. The van der Waals surface area contributed by atoms with Crippen molar-refractivity contribution in [2.45, 2.75) is 58.5 Å². The van der Waals surface area contributed by atoms with E-state index in [1.165, 1.54) is 50.9 Å². The van der Waals surface area contributed by atoms with Gasteiger partial charge in [-0.25, -0.2) is 0 Å². The third-order valence-corrected chi connectivity index (χ3v) is 4.79. The molecule has 1 saturated heterocycles. The van der Waals surface area contributed by atoms with Crippen molar-refractivity contribution < 1.29 is 0 Å². The summed E-state index contributed by atoms with van der Waals surface area (Å²) < 4.78 is 0. The Bertz CT molecular complexity index is 382. The Labute approximate surface area is 130 Å². The Hall–Kier alpha value is -0.860. The van der Waals surface area contributed by atoms with Gasteiger partial charge in [0.05, 0.1) is 0 Å². The predicted octanol–water partition coefficient (Wildman–Crippen LogP) is 3.72. The van der Waals surface area contributed by atoms with Crippen LogP contribution in [0.2, 0.25) is 0 Å². The maximum absolute atomic E-state index is 3.55. The second-order valence-electron chi connectivity index (χ2n) is 6.88. The molecular formula is C19H32N2. The summed E-state index contributed by atoms with van der Waals surface area (Å²) in [5.74, 6) is 0.834. The zero-order chi connectivity index (χ0) is 15.1. The van der Waals surface area contributed by atoms with Gasteiger partial charge in [-0.3, -0.25) is 4.90 Å². The highest BCUT2D eigenvalue weighted by Gasteiger charge is 2.22. The van der Waals surface area contributed by atoms with Gasteiger partial charge in [0.1, 0.15) is 0 Å². The number of nitrogens with zero attached hydrogens (tertiary/aromatic N) is 1. The zero-order valence-electron chi connectivity index (χ0n) is 14.0. The predicted molar refractivity (Wildman–Crippen MR) is 91.7 cm³/mol. The van der Waals surface area contributed by atoms with Gasteiger partial charge in [0, 0.05) is 18.6 Å². The molecule has 1 aromatic carbocycles. The molecule has 1 aliphatic heterocycles. The summed E-state index contributed by atoms with van der Waals surface area (Å²) in [4.78, 5) is 2.71. The molecule has 21 heavy (non-hydrogen) atoms. The van der Waals surface area contributed by atoms with Crippen molar-refractivity contribution >= 4 is 0 Å². The summed E-state index contributed by atoms with van der Waals surface area (Å²) in [6.45, 7) is 10.8. The summed E-state index contributed by atoms with van der Waals surface area (Å²) in [6, 6.07) is 12.2. The van der Waals surface area contributed by atoms with Crippen LogP contribution in [0.4, 0.5) is 0 Å². The minimum Gasteiger partial charge on any atom is -0.316 e. The molecule has 0 spiro atoms. The molecule has 2 nitrogen and oxygen atoms in total. The molecule has 0 radical (unpaired) electrons. The number of aryl methyl sites for hydroxylation is 1. The molecule has 2 heteroatoms. The van der Waals surface area contributed by atoms with Gasteiger partial charge in [-0.1, -0.05) is 30.3 Å². The maximum Gasteiger partial charge on any atom is 0.00729 e. The van der Waals surface area contributed by atoms with E-state index in [2.05, 4.69) is 61.3 Å². The van der Waals surface area contributed by atoms with Gasteiger partial charge in [0.25, 0.3) is 0 Å². The monoisotopic (exact) mass is 288 g/mol. The first-order valence-corrected chi connectivity index (χ1v) is 8.67. The number of piperidine rings is 1. The normalized spacial score (nSPS) is 20.9. The van der Waals surface area contributed by atoms with E-state index in [1.807, 2.05) is 0 Å². The molecule has 1 aromatic rings. The molecule has 1 aliphatic rings. The fourth-order valence-corrected chi connectivity index (χ4v) is 3.46. The Morgan fingerprint density at radius 3 is 2.57 bits per heavy atom. The molecule has 0 bridgehead atoms. The van der Waals surface area contributed by atoms with Crippen LogP contribution in [0.25, 0.3) is 0 Å². The van der Waals surface area contributed by atoms with Crippen LogP contribution in [0.5, 0.6) is 0 Å². The lowest BCUT2D eigenvalue weighted by Gasteiger charge is -2.37. The van der Waals surface area contributed by atoms with Gasteiger partial charge in [-0.15, -0.1) is 0 Å². The van der Waals surface area contributed by atoms with Crippen LogP contribution in [0.3, 0.4) is 0 Å². The molecule has 118 valence electrons. The largest absolute Gasteiger partial charge is 0.316 e. The van der Waals surface area contributed by atoms with Crippen molar-refractivity contribution in [1.29, 1.82) is 0 Å². The molecule has 2 unspecified atom stereocenters. The van der Waals surface area contributed by atoms with Gasteiger partial charge in [-0.05, 0) is 71.0 Å². The van der Waals surface area contributed by atoms with Gasteiger partial charge in [0.15, 0.2) is 0 Å². The Kier molecular flexibility index (Phi) is 6.72. The van der Waals surface area contributed by atoms with Crippen LogP contribution in [0.1, 0.15) is 45.6 Å². The number of rotatable bonds is 7. The fraction of sp³-hybridized carbons (Fsp3) is 0.684. The van der Waals surface area contributed by atoms with Crippen LogP contribution < -0.4 is 5.32 Å². The molecule has 2 atom stereocenters. The molecule has 1 N–H and O–H groups in total. The maximum atomic E-state index is 3.55. The minimum atomic E-state index is 0.637. The van der Waals surface area contributed by atoms with Crippen molar-refractivity contribution in [3.8, 4) is 0 Å². The lowest BCUT2D eigenvalue weighted by atomic mass is 9.96. The molecule has 0 aliphatic carbocycles. The summed E-state index contributed by atoms with van der Waals surface area (Å²) >= 11 is 0. The second kappa shape index (κ2) is 8.55. The second-order valence-corrected chi connectivity index (χ2v) is 6.88. The van der Waals surface area contributed by atoms with Crippen molar-refractivity contribution in [3.05, 3.63) is 35.9 Å². The molecule has 1 fully saturated rings. The van der Waals surface area contributed by atoms with Crippen LogP contribution in [-0.2, 0) is 6.42 Å². The number of hydrogen-bond acceptors (Lipinski definition) is 2. The molecule has 0 aromatic heterocycles. The SMILES string of the molecule is CC(C)N(CC1CCCNC1)C(C)CCc1ccccc1. The first-order chi connectivity index (χ1) is 10.2. The van der Waals surface area contributed by atoms with Crippen molar-refractivity contribution in [2.24, 2.45) is 5.92 Å². The molecule has 0 amide bonds. The van der Waals surface area contributed by atoms with Crippen molar-refractivity contribution in [2.75, 3.05) is 19.6 Å². The van der Waals surface area contributed by atoms with E-state index < -0.39 is 0 Å². The average molecular weight is 288 g/mol. The summed E-state index contributed by atoms with van der Waals surface area (Å²) in [6.07, 6.45) is 5.17. The van der Waals surface area contributed by atoms with Crippen molar-refractivity contribution in [3.63, 3.8) is 0 Å². The van der Waals surface area contributed by atoms with E-state index in [4.69, 9.17) is 0 Å². The van der Waals surface area contributed by atoms with Gasteiger partial charge in [-0.2, -0.15) is 0 Å². The van der Waals surface area contributed by atoms with Crippen LogP contribution in [-0.4, -0.2) is 36.6 Å². The standard InChI is InChI=1S/C19H32N2/c1-16(2)21(15-19-10-7-13-20-14-19)17(3)11-12-18-8-5-4-6-9-18/h4-6,8-9,16-17,19-20H,7,10-15H2,1-3H3. The van der Waals surface area contributed by atoms with Crippen LogP contribution in [0, 0.1) is 5.92 Å². The number of hydrogen-bond donors (Lipinski definition) is 1. The smallest absolute Gasteiger partial charge is 0.00729 e. The fourth-order valence-electron chi connectivity index (χ4n) is 3.46. The minimum absolute atomic E-state index is 0.637. The van der Waals surface area contributed by atoms with Gasteiger partial charge in [0.2, 0.25) is 0 Å². The first kappa shape index (κ1) is 16.5. The van der Waals surface area contributed by atoms with Gasteiger partial charge < -0.3 is 5.32 Å². The lowest BCUT2D eigenvalue weighted by molar-refractivity contribution is 0.121. The van der Waals surface area contributed by atoms with E-state index in [0.717, 1.165) is 5.92 Å². The molecular weight excluding hydrogens is 256 g/mol. The summed E-state index contributed by atoms with van der Waals surface area (Å²) in [5, 5.41) is 3.55.